The van der Waals surface area contributed by atoms with Crippen LogP contribution < -0.4 is 11.0 Å². The van der Waals surface area contributed by atoms with Gasteiger partial charge in [0.2, 0.25) is 5.91 Å². The molecule has 0 fully saturated rings. The molecule has 0 aliphatic heterocycles. The summed E-state index contributed by atoms with van der Waals surface area (Å²) in [5.74, 6) is 0.0297. The zero-order valence-electron chi connectivity index (χ0n) is 14.3. The normalized spacial score (nSPS) is 10.9. The molecular formula is C16H20Cl2N4O3S. The van der Waals surface area contributed by atoms with Crippen LogP contribution in [-0.4, -0.2) is 46.7 Å². The molecule has 0 aliphatic rings. The number of carbonyl (C=O) groups excluding carboxylic acids is 1. The van der Waals surface area contributed by atoms with Crippen molar-refractivity contribution in [1.29, 1.82) is 0 Å². The Hall–Kier alpha value is -1.48. The highest BCUT2D eigenvalue weighted by Crippen LogP contribution is 2.21. The quantitative estimate of drug-likeness (QED) is 0.456. The predicted octanol–water partition coefficient (Wildman–Crippen LogP) is 2.37. The van der Waals surface area contributed by atoms with E-state index < -0.39 is 0 Å². The standard InChI is InChI=1S/C16H20Cl2N4O3S/c1-25-8-2-7-22-15(24)20-21-16(22)26-10-14(23)19-6-5-11-3-4-12(17)9-13(11)18/h3-4,9H,2,5-8,10H2,1H3,(H,19,23)(H,20,24). The molecule has 2 N–H and O–H groups in total. The van der Waals surface area contributed by atoms with Crippen molar-refractivity contribution in [3.63, 3.8) is 0 Å². The minimum atomic E-state index is -0.290. The number of methoxy groups -OCH3 is 1. The molecule has 26 heavy (non-hydrogen) atoms. The first-order valence-electron chi connectivity index (χ1n) is 7.99. The Labute approximate surface area is 165 Å². The molecule has 0 unspecified atom stereocenters. The Morgan fingerprint density at radius 3 is 2.96 bits per heavy atom. The van der Waals surface area contributed by atoms with Gasteiger partial charge in [-0.1, -0.05) is 41.0 Å². The van der Waals surface area contributed by atoms with Crippen LogP contribution in [0.25, 0.3) is 0 Å². The van der Waals surface area contributed by atoms with Gasteiger partial charge in [-0.25, -0.2) is 9.89 Å². The number of aromatic amines is 1. The van der Waals surface area contributed by atoms with Crippen LogP contribution in [-0.2, 0) is 22.5 Å². The topological polar surface area (TPSA) is 89.0 Å². The van der Waals surface area contributed by atoms with Crippen LogP contribution >= 0.6 is 35.0 Å². The van der Waals surface area contributed by atoms with Crippen molar-refractivity contribution in [1.82, 2.24) is 20.1 Å². The smallest absolute Gasteiger partial charge is 0.343 e. The zero-order valence-corrected chi connectivity index (χ0v) is 16.6. The highest BCUT2D eigenvalue weighted by molar-refractivity contribution is 7.99. The number of amides is 1. The molecule has 0 radical (unpaired) electrons. The van der Waals surface area contributed by atoms with Crippen molar-refractivity contribution in [2.45, 2.75) is 24.5 Å². The van der Waals surface area contributed by atoms with E-state index in [1.54, 1.807) is 19.2 Å². The van der Waals surface area contributed by atoms with Crippen LogP contribution in [0.5, 0.6) is 0 Å². The maximum absolute atomic E-state index is 12.0. The lowest BCUT2D eigenvalue weighted by atomic mass is 10.1. The third kappa shape index (κ3) is 6.35. The van der Waals surface area contributed by atoms with E-state index in [4.69, 9.17) is 27.9 Å². The molecule has 2 aromatic rings. The third-order valence-electron chi connectivity index (χ3n) is 3.52. The summed E-state index contributed by atoms with van der Waals surface area (Å²) in [5.41, 5.74) is 0.629. The van der Waals surface area contributed by atoms with E-state index in [1.165, 1.54) is 16.3 Å². The van der Waals surface area contributed by atoms with Gasteiger partial charge in [-0.05, 0) is 30.5 Å². The first-order chi connectivity index (χ1) is 12.5. The summed E-state index contributed by atoms with van der Waals surface area (Å²) in [6, 6.07) is 5.28. The number of ether oxygens (including phenoxy) is 1. The maximum Gasteiger partial charge on any atom is 0.343 e. The largest absolute Gasteiger partial charge is 0.385 e. The lowest BCUT2D eigenvalue weighted by Gasteiger charge is -2.07. The number of rotatable bonds is 10. The molecule has 1 aromatic heterocycles. The van der Waals surface area contributed by atoms with Gasteiger partial charge < -0.3 is 10.1 Å². The van der Waals surface area contributed by atoms with E-state index >= 15 is 0 Å². The van der Waals surface area contributed by atoms with Crippen LogP contribution in [0, 0.1) is 0 Å². The number of hydrogen-bond acceptors (Lipinski definition) is 5. The molecule has 0 saturated heterocycles. The van der Waals surface area contributed by atoms with E-state index in [0.29, 0.717) is 47.7 Å². The molecule has 7 nitrogen and oxygen atoms in total. The Bertz CT molecular complexity index is 794. The van der Waals surface area contributed by atoms with Gasteiger partial charge >= 0.3 is 5.69 Å². The molecule has 0 atom stereocenters. The average Bonchev–Trinajstić information content (AvgIpc) is 2.95. The summed E-state index contributed by atoms with van der Waals surface area (Å²) < 4.78 is 6.48. The van der Waals surface area contributed by atoms with E-state index in [-0.39, 0.29) is 17.3 Å². The number of benzene rings is 1. The first kappa shape index (κ1) is 20.8. The minimum Gasteiger partial charge on any atom is -0.385 e. The molecule has 1 amide bonds. The molecule has 2 rings (SSSR count). The summed E-state index contributed by atoms with van der Waals surface area (Å²) in [7, 11) is 1.61. The molecule has 142 valence electrons. The summed E-state index contributed by atoms with van der Waals surface area (Å²) in [6.45, 7) is 1.50. The van der Waals surface area contributed by atoms with Crippen molar-refractivity contribution in [2.24, 2.45) is 0 Å². The number of thioether (sulfide) groups is 1. The Kier molecular flexibility index (Phi) is 8.50. The number of aromatic nitrogens is 3. The molecule has 1 aromatic carbocycles. The van der Waals surface area contributed by atoms with Crippen LogP contribution in [0.1, 0.15) is 12.0 Å². The highest BCUT2D eigenvalue weighted by Gasteiger charge is 2.11. The summed E-state index contributed by atoms with van der Waals surface area (Å²) in [6.07, 6.45) is 1.30. The van der Waals surface area contributed by atoms with Crippen molar-refractivity contribution in [3.05, 3.63) is 44.3 Å². The SMILES string of the molecule is COCCCn1c(SCC(=O)NCCc2ccc(Cl)cc2Cl)n[nH]c1=O. The minimum absolute atomic E-state index is 0.140. The molecule has 1 heterocycles. The van der Waals surface area contributed by atoms with Gasteiger partial charge in [0, 0.05) is 36.9 Å². The van der Waals surface area contributed by atoms with Crippen LogP contribution in [0.3, 0.4) is 0 Å². The maximum atomic E-state index is 12.0. The van der Waals surface area contributed by atoms with Gasteiger partial charge in [0.05, 0.1) is 5.75 Å². The first-order valence-corrected chi connectivity index (χ1v) is 9.73. The number of nitrogens with zero attached hydrogens (tertiary/aromatic N) is 2. The second kappa shape index (κ2) is 10.6. The molecular weight excluding hydrogens is 399 g/mol. The monoisotopic (exact) mass is 418 g/mol. The fourth-order valence-corrected chi connectivity index (χ4v) is 3.53. The Morgan fingerprint density at radius 2 is 2.23 bits per heavy atom. The van der Waals surface area contributed by atoms with Gasteiger partial charge in [0.1, 0.15) is 0 Å². The summed E-state index contributed by atoms with van der Waals surface area (Å²) in [4.78, 5) is 23.7. The van der Waals surface area contributed by atoms with Gasteiger partial charge in [0.15, 0.2) is 5.16 Å². The number of nitrogens with one attached hydrogen (secondary N) is 2. The van der Waals surface area contributed by atoms with Crippen molar-refractivity contribution >= 4 is 40.9 Å². The van der Waals surface area contributed by atoms with Gasteiger partial charge in [-0.3, -0.25) is 9.36 Å². The fourth-order valence-electron chi connectivity index (χ4n) is 2.22. The fraction of sp³-hybridized carbons (Fsp3) is 0.438. The van der Waals surface area contributed by atoms with E-state index in [0.717, 1.165) is 5.56 Å². The average molecular weight is 419 g/mol. The molecule has 0 saturated carbocycles. The van der Waals surface area contributed by atoms with Gasteiger partial charge in [0.25, 0.3) is 0 Å². The van der Waals surface area contributed by atoms with E-state index in [2.05, 4.69) is 15.5 Å². The summed E-state index contributed by atoms with van der Waals surface area (Å²) in [5, 5.41) is 10.8. The second-order valence-corrected chi connectivity index (χ2v) is 7.22. The highest BCUT2D eigenvalue weighted by atomic mass is 35.5. The molecule has 0 aliphatic carbocycles. The molecule has 10 heteroatoms. The second-order valence-electron chi connectivity index (χ2n) is 5.43. The zero-order chi connectivity index (χ0) is 18.9. The lowest BCUT2D eigenvalue weighted by Crippen LogP contribution is -2.27. The number of halogens is 2. The Balaban J connectivity index is 1.77. The van der Waals surface area contributed by atoms with Crippen molar-refractivity contribution in [3.8, 4) is 0 Å². The number of hydrogen-bond donors (Lipinski definition) is 2. The molecule has 0 spiro atoms. The van der Waals surface area contributed by atoms with Crippen molar-refractivity contribution < 1.29 is 9.53 Å². The van der Waals surface area contributed by atoms with Crippen LogP contribution in [0.4, 0.5) is 0 Å². The number of H-pyrrole nitrogens is 1. The Morgan fingerprint density at radius 1 is 1.42 bits per heavy atom. The summed E-state index contributed by atoms with van der Waals surface area (Å²) >= 11 is 13.2. The number of carbonyl (C=O) groups is 1. The van der Waals surface area contributed by atoms with E-state index in [1.807, 2.05) is 6.07 Å². The lowest BCUT2D eigenvalue weighted by molar-refractivity contribution is -0.118. The van der Waals surface area contributed by atoms with E-state index in [9.17, 15) is 9.59 Å². The van der Waals surface area contributed by atoms with Crippen LogP contribution in [0.2, 0.25) is 10.0 Å². The predicted molar refractivity (Wildman–Crippen MR) is 103 cm³/mol. The van der Waals surface area contributed by atoms with Crippen molar-refractivity contribution in [2.75, 3.05) is 26.0 Å². The molecule has 0 bridgehead atoms. The van der Waals surface area contributed by atoms with Gasteiger partial charge in [-0.2, -0.15) is 0 Å². The van der Waals surface area contributed by atoms with Gasteiger partial charge in [-0.15, -0.1) is 5.10 Å². The third-order valence-corrected chi connectivity index (χ3v) is 5.08. The van der Waals surface area contributed by atoms with Crippen LogP contribution in [0.15, 0.2) is 28.2 Å².